The smallest absolute Gasteiger partial charge is 0.224 e. The van der Waals surface area contributed by atoms with Crippen molar-refractivity contribution in [3.8, 4) is 11.6 Å². The minimum absolute atomic E-state index is 0.308. The topological polar surface area (TPSA) is 67.8 Å². The number of benzene rings is 1. The van der Waals surface area contributed by atoms with E-state index >= 15 is 0 Å². The van der Waals surface area contributed by atoms with Crippen molar-refractivity contribution in [2.45, 2.75) is 26.0 Å². The highest BCUT2D eigenvalue weighted by Crippen LogP contribution is 2.23. The maximum atomic E-state index is 13.3. The summed E-state index contributed by atoms with van der Waals surface area (Å²) in [6, 6.07) is 9.67. The van der Waals surface area contributed by atoms with Gasteiger partial charge in [0.15, 0.2) is 5.96 Å². The molecule has 2 rings (SSSR count). The molecule has 0 saturated carbocycles. The highest BCUT2D eigenvalue weighted by atomic mass is 19.1. The molecule has 0 amide bonds. The predicted octanol–water partition coefficient (Wildman–Crippen LogP) is 3.10. The van der Waals surface area contributed by atoms with Crippen LogP contribution in [0.5, 0.6) is 11.6 Å². The van der Waals surface area contributed by atoms with Crippen LogP contribution in [0.4, 0.5) is 4.39 Å². The van der Waals surface area contributed by atoms with Crippen LogP contribution in [0, 0.1) is 5.82 Å². The third-order valence-electron chi connectivity index (χ3n) is 3.76. The van der Waals surface area contributed by atoms with E-state index in [-0.39, 0.29) is 11.4 Å². The lowest BCUT2D eigenvalue weighted by Crippen LogP contribution is -2.45. The van der Waals surface area contributed by atoms with Gasteiger partial charge < -0.3 is 20.1 Å². The molecular formula is C19H25FN4O2. The summed E-state index contributed by atoms with van der Waals surface area (Å²) in [7, 11) is 3.37. The van der Waals surface area contributed by atoms with Crippen LogP contribution in [0.25, 0.3) is 0 Å². The molecule has 0 unspecified atom stereocenters. The van der Waals surface area contributed by atoms with Gasteiger partial charge in [-0.2, -0.15) is 0 Å². The molecule has 0 bridgehead atoms. The first-order chi connectivity index (χ1) is 12.4. The van der Waals surface area contributed by atoms with Gasteiger partial charge in [-0.15, -0.1) is 0 Å². The van der Waals surface area contributed by atoms with Gasteiger partial charge in [-0.1, -0.05) is 12.1 Å². The van der Waals surface area contributed by atoms with Crippen LogP contribution in [0.1, 0.15) is 19.4 Å². The molecule has 0 saturated heterocycles. The van der Waals surface area contributed by atoms with Crippen molar-refractivity contribution in [1.29, 1.82) is 0 Å². The maximum Gasteiger partial charge on any atom is 0.224 e. The Balaban J connectivity index is 2.01. The second-order valence-corrected chi connectivity index (χ2v) is 6.27. The fourth-order valence-corrected chi connectivity index (χ4v) is 2.06. The van der Waals surface area contributed by atoms with Crippen LogP contribution in [0.2, 0.25) is 0 Å². The molecule has 0 aliphatic carbocycles. The van der Waals surface area contributed by atoms with Gasteiger partial charge in [0.05, 0.1) is 5.60 Å². The summed E-state index contributed by atoms with van der Waals surface area (Å²) in [5, 5.41) is 6.42. The van der Waals surface area contributed by atoms with Gasteiger partial charge in [0.2, 0.25) is 5.88 Å². The third-order valence-corrected chi connectivity index (χ3v) is 3.76. The van der Waals surface area contributed by atoms with E-state index in [1.807, 2.05) is 26.0 Å². The Morgan fingerprint density at radius 2 is 2.04 bits per heavy atom. The zero-order valence-electron chi connectivity index (χ0n) is 15.5. The number of aromatic nitrogens is 1. The van der Waals surface area contributed by atoms with Crippen molar-refractivity contribution in [1.82, 2.24) is 15.6 Å². The molecule has 0 atom stereocenters. The van der Waals surface area contributed by atoms with E-state index in [4.69, 9.17) is 9.47 Å². The van der Waals surface area contributed by atoms with Crippen molar-refractivity contribution < 1.29 is 13.9 Å². The summed E-state index contributed by atoms with van der Waals surface area (Å²) in [5.41, 5.74) is 0.517. The quantitative estimate of drug-likeness (QED) is 0.587. The average molecular weight is 360 g/mol. The van der Waals surface area contributed by atoms with Crippen molar-refractivity contribution >= 4 is 5.96 Å². The molecule has 6 nitrogen and oxygen atoms in total. The van der Waals surface area contributed by atoms with Gasteiger partial charge in [0, 0.05) is 45.1 Å². The number of nitrogens with zero attached hydrogens (tertiary/aromatic N) is 2. The minimum Gasteiger partial charge on any atom is -0.439 e. The second-order valence-electron chi connectivity index (χ2n) is 6.27. The molecule has 1 aromatic heterocycles. The standard InChI is InChI=1S/C19H25FN4O2/c1-19(2,25-4)13-24-18(21-3)23-12-14-7-6-10-22-17(14)26-16-9-5-8-15(20)11-16/h5-11H,12-13H2,1-4H3,(H2,21,23,24). The maximum absolute atomic E-state index is 13.3. The summed E-state index contributed by atoms with van der Waals surface area (Å²) in [5.74, 6) is 1.09. The van der Waals surface area contributed by atoms with E-state index in [1.165, 1.54) is 12.1 Å². The van der Waals surface area contributed by atoms with Gasteiger partial charge in [0.25, 0.3) is 0 Å². The molecule has 0 aliphatic rings. The fourth-order valence-electron chi connectivity index (χ4n) is 2.06. The Bertz CT molecular complexity index is 750. The highest BCUT2D eigenvalue weighted by Gasteiger charge is 2.16. The summed E-state index contributed by atoms with van der Waals surface area (Å²) in [6.45, 7) is 5.02. The molecule has 0 fully saturated rings. The number of nitrogens with one attached hydrogen (secondary N) is 2. The number of guanidine groups is 1. The van der Waals surface area contributed by atoms with E-state index in [1.54, 1.807) is 32.5 Å². The first kappa shape index (κ1) is 19.7. The van der Waals surface area contributed by atoms with E-state index in [0.29, 0.717) is 30.7 Å². The summed E-state index contributed by atoms with van der Waals surface area (Å²) < 4.78 is 24.4. The number of halogens is 1. The third kappa shape index (κ3) is 6.00. The molecule has 1 heterocycles. The van der Waals surface area contributed by atoms with Crippen molar-refractivity contribution in [2.75, 3.05) is 20.7 Å². The van der Waals surface area contributed by atoms with Gasteiger partial charge in [-0.05, 0) is 32.0 Å². The zero-order valence-corrected chi connectivity index (χ0v) is 15.5. The molecule has 7 heteroatoms. The van der Waals surface area contributed by atoms with E-state index in [2.05, 4.69) is 20.6 Å². The Morgan fingerprint density at radius 3 is 2.73 bits per heavy atom. The predicted molar refractivity (Wildman–Crippen MR) is 100 cm³/mol. The molecular weight excluding hydrogens is 335 g/mol. The van der Waals surface area contributed by atoms with Crippen molar-refractivity contribution in [3.63, 3.8) is 0 Å². The van der Waals surface area contributed by atoms with Crippen LogP contribution in [-0.4, -0.2) is 37.2 Å². The number of hydrogen-bond donors (Lipinski definition) is 2. The molecule has 0 radical (unpaired) electrons. The lowest BCUT2D eigenvalue weighted by Gasteiger charge is -2.24. The number of rotatable bonds is 7. The highest BCUT2D eigenvalue weighted by molar-refractivity contribution is 5.79. The van der Waals surface area contributed by atoms with Crippen molar-refractivity contribution in [3.05, 3.63) is 54.0 Å². The lowest BCUT2D eigenvalue weighted by molar-refractivity contribution is 0.0268. The second kappa shape index (κ2) is 9.15. The summed E-state index contributed by atoms with van der Waals surface area (Å²) in [4.78, 5) is 8.43. The Hall–Kier alpha value is -2.67. The molecule has 0 aliphatic heterocycles. The lowest BCUT2D eigenvalue weighted by atomic mass is 10.1. The van der Waals surface area contributed by atoms with Crippen LogP contribution in [0.3, 0.4) is 0 Å². The average Bonchev–Trinajstić information content (AvgIpc) is 2.63. The van der Waals surface area contributed by atoms with E-state index in [9.17, 15) is 4.39 Å². The van der Waals surface area contributed by atoms with Gasteiger partial charge >= 0.3 is 0 Å². The Labute approximate surface area is 153 Å². The Kier molecular flexibility index (Phi) is 6.91. The number of ether oxygens (including phenoxy) is 2. The van der Waals surface area contributed by atoms with Gasteiger partial charge in [0.1, 0.15) is 11.6 Å². The van der Waals surface area contributed by atoms with Crippen LogP contribution in [-0.2, 0) is 11.3 Å². The summed E-state index contributed by atoms with van der Waals surface area (Å²) in [6.07, 6.45) is 1.63. The largest absolute Gasteiger partial charge is 0.439 e. The first-order valence-electron chi connectivity index (χ1n) is 8.30. The normalized spacial score (nSPS) is 12.0. The van der Waals surface area contributed by atoms with Gasteiger partial charge in [-0.25, -0.2) is 9.37 Å². The van der Waals surface area contributed by atoms with Crippen molar-refractivity contribution in [2.24, 2.45) is 4.99 Å². The van der Waals surface area contributed by atoms with E-state index < -0.39 is 0 Å². The van der Waals surface area contributed by atoms with Crippen LogP contribution < -0.4 is 15.4 Å². The zero-order chi connectivity index (χ0) is 19.0. The fraction of sp³-hybridized carbons (Fsp3) is 0.368. The van der Waals surface area contributed by atoms with Gasteiger partial charge in [-0.3, -0.25) is 4.99 Å². The first-order valence-corrected chi connectivity index (χ1v) is 8.30. The Morgan fingerprint density at radius 1 is 1.23 bits per heavy atom. The van der Waals surface area contributed by atoms with E-state index in [0.717, 1.165) is 5.56 Å². The molecule has 26 heavy (non-hydrogen) atoms. The molecule has 1 aromatic carbocycles. The number of pyridine rings is 1. The van der Waals surface area contributed by atoms with Crippen LogP contribution in [0.15, 0.2) is 47.6 Å². The monoisotopic (exact) mass is 360 g/mol. The minimum atomic E-state index is -0.358. The molecule has 140 valence electrons. The molecule has 2 aromatic rings. The number of hydrogen-bond acceptors (Lipinski definition) is 4. The molecule has 0 spiro atoms. The number of methoxy groups -OCH3 is 1. The SMILES string of the molecule is CN=C(NCc1cccnc1Oc1cccc(F)c1)NCC(C)(C)OC. The summed E-state index contributed by atoms with van der Waals surface area (Å²) >= 11 is 0. The molecule has 2 N–H and O–H groups in total. The van der Waals surface area contributed by atoms with Crippen LogP contribution >= 0.6 is 0 Å². The number of aliphatic imine (C=N–C) groups is 1.